The summed E-state index contributed by atoms with van der Waals surface area (Å²) in [5, 5.41) is 0.122. The van der Waals surface area contributed by atoms with Crippen LogP contribution >= 0.6 is 12.2 Å². The summed E-state index contributed by atoms with van der Waals surface area (Å²) in [4.78, 5) is 27.5. The van der Waals surface area contributed by atoms with Gasteiger partial charge >= 0.3 is 0 Å². The molecule has 25 heavy (non-hydrogen) atoms. The van der Waals surface area contributed by atoms with Gasteiger partial charge in [-0.3, -0.25) is 19.4 Å². The van der Waals surface area contributed by atoms with Crippen LogP contribution in [0.4, 0.5) is 11.4 Å². The van der Waals surface area contributed by atoms with Crippen LogP contribution in [0.5, 0.6) is 11.5 Å². The summed E-state index contributed by atoms with van der Waals surface area (Å²) in [5.41, 5.74) is 1.17. The van der Waals surface area contributed by atoms with Gasteiger partial charge in [0, 0.05) is 0 Å². The first kappa shape index (κ1) is 16.9. The van der Waals surface area contributed by atoms with Gasteiger partial charge in [-0.2, -0.15) is 0 Å². The number of carbonyl (C=O) groups is 2. The zero-order chi connectivity index (χ0) is 18.0. The van der Waals surface area contributed by atoms with Crippen molar-refractivity contribution in [1.82, 2.24) is 0 Å². The van der Waals surface area contributed by atoms with E-state index in [4.69, 9.17) is 21.7 Å². The maximum absolute atomic E-state index is 12.4. The molecule has 1 aliphatic rings. The van der Waals surface area contributed by atoms with E-state index in [1.807, 2.05) is 0 Å². The molecule has 0 aliphatic carbocycles. The summed E-state index contributed by atoms with van der Waals surface area (Å²) in [6.45, 7) is 0. The van der Waals surface area contributed by atoms with Gasteiger partial charge < -0.3 is 9.47 Å². The molecule has 2 aromatic rings. The van der Waals surface area contributed by atoms with Crippen molar-refractivity contribution in [2.24, 2.45) is 0 Å². The van der Waals surface area contributed by atoms with E-state index in [-0.39, 0.29) is 23.3 Å². The van der Waals surface area contributed by atoms with Gasteiger partial charge in [-0.05, 0) is 60.7 Å². The third kappa shape index (κ3) is 3.18. The third-order valence-corrected chi connectivity index (χ3v) is 4.21. The summed E-state index contributed by atoms with van der Waals surface area (Å²) in [7, 11) is 3.13. The number of amides is 2. The molecule has 2 aromatic carbocycles. The Hall–Kier alpha value is -2.93. The molecule has 0 unspecified atom stereocenters. The fourth-order valence-electron chi connectivity index (χ4n) is 2.57. The minimum absolute atomic E-state index is 0.122. The van der Waals surface area contributed by atoms with Crippen LogP contribution in [0.15, 0.2) is 48.5 Å². The van der Waals surface area contributed by atoms with Crippen molar-refractivity contribution in [3.63, 3.8) is 0 Å². The molecule has 128 valence electrons. The quantitative estimate of drug-likeness (QED) is 0.623. The minimum atomic E-state index is -0.357. The van der Waals surface area contributed by atoms with E-state index < -0.39 is 0 Å². The summed E-state index contributed by atoms with van der Waals surface area (Å²) in [6, 6.07) is 13.9. The number of thiocarbonyl (C=S) groups is 1. The monoisotopic (exact) mass is 356 g/mol. The molecule has 0 bridgehead atoms. The van der Waals surface area contributed by atoms with Gasteiger partial charge in [0.1, 0.15) is 17.9 Å². The molecule has 3 rings (SSSR count). The Kier molecular flexibility index (Phi) is 4.67. The summed E-state index contributed by atoms with van der Waals surface area (Å²) in [6.07, 6.45) is -0.252. The van der Waals surface area contributed by atoms with Crippen molar-refractivity contribution in [2.45, 2.75) is 6.42 Å². The lowest BCUT2D eigenvalue weighted by atomic mass is 10.2. The molecule has 0 spiro atoms. The van der Waals surface area contributed by atoms with Crippen LogP contribution in [-0.4, -0.2) is 31.1 Å². The molecule has 1 saturated heterocycles. The van der Waals surface area contributed by atoms with Crippen molar-refractivity contribution in [3.05, 3.63) is 48.5 Å². The van der Waals surface area contributed by atoms with Gasteiger partial charge in [-0.15, -0.1) is 0 Å². The number of anilines is 2. The molecule has 0 aromatic heterocycles. The van der Waals surface area contributed by atoms with E-state index in [0.29, 0.717) is 22.9 Å². The molecule has 7 heteroatoms. The number of hydrogen-bond acceptors (Lipinski definition) is 5. The van der Waals surface area contributed by atoms with E-state index in [2.05, 4.69) is 0 Å². The lowest BCUT2D eigenvalue weighted by molar-refractivity contribution is -0.126. The van der Waals surface area contributed by atoms with Gasteiger partial charge in [0.15, 0.2) is 5.11 Å². The number of benzene rings is 2. The van der Waals surface area contributed by atoms with E-state index in [1.54, 1.807) is 62.8 Å². The standard InChI is InChI=1S/C18H16N2O4S/c1-23-14-7-3-12(4-8-14)19-16(21)11-17(22)20(18(19)25)13-5-9-15(24-2)10-6-13/h3-10H,11H2,1-2H3. The van der Waals surface area contributed by atoms with Crippen molar-refractivity contribution in [2.75, 3.05) is 24.0 Å². The van der Waals surface area contributed by atoms with Gasteiger partial charge in [0.25, 0.3) is 0 Å². The summed E-state index contributed by atoms with van der Waals surface area (Å²) < 4.78 is 10.3. The van der Waals surface area contributed by atoms with Crippen molar-refractivity contribution < 1.29 is 19.1 Å². The molecule has 1 heterocycles. The minimum Gasteiger partial charge on any atom is -0.497 e. The van der Waals surface area contributed by atoms with Crippen LogP contribution in [0.3, 0.4) is 0 Å². The van der Waals surface area contributed by atoms with E-state index in [0.717, 1.165) is 0 Å². The van der Waals surface area contributed by atoms with Gasteiger partial charge in [0.05, 0.1) is 25.6 Å². The summed E-state index contributed by atoms with van der Waals surface area (Å²) in [5.74, 6) is 0.624. The second-order valence-corrected chi connectivity index (χ2v) is 5.68. The van der Waals surface area contributed by atoms with Crippen LogP contribution in [-0.2, 0) is 9.59 Å². The topological polar surface area (TPSA) is 59.1 Å². The number of ether oxygens (including phenoxy) is 2. The van der Waals surface area contributed by atoms with Crippen LogP contribution < -0.4 is 19.3 Å². The Balaban J connectivity index is 1.95. The number of methoxy groups -OCH3 is 2. The molecule has 1 fully saturated rings. The van der Waals surface area contributed by atoms with Crippen LogP contribution in [0.25, 0.3) is 0 Å². The smallest absolute Gasteiger partial charge is 0.242 e. The molecular weight excluding hydrogens is 340 g/mol. The van der Waals surface area contributed by atoms with Crippen LogP contribution in [0.2, 0.25) is 0 Å². The first-order valence-corrected chi connectivity index (χ1v) is 7.94. The predicted octanol–water partition coefficient (Wildman–Crippen LogP) is 2.76. The number of rotatable bonds is 4. The molecular formula is C18H16N2O4S. The first-order chi connectivity index (χ1) is 12.0. The molecule has 2 amide bonds. The second kappa shape index (κ2) is 6.90. The summed E-state index contributed by atoms with van der Waals surface area (Å²) >= 11 is 5.44. The molecule has 0 atom stereocenters. The zero-order valence-corrected chi connectivity index (χ0v) is 14.6. The first-order valence-electron chi connectivity index (χ1n) is 7.53. The van der Waals surface area contributed by atoms with Crippen LogP contribution in [0.1, 0.15) is 6.42 Å². The Morgan fingerprint density at radius 1 is 0.760 bits per heavy atom. The fourth-order valence-corrected chi connectivity index (χ4v) is 2.99. The largest absolute Gasteiger partial charge is 0.497 e. The normalized spacial score (nSPS) is 14.7. The van der Waals surface area contributed by atoms with Crippen LogP contribution in [0, 0.1) is 0 Å². The molecule has 0 N–H and O–H groups in total. The molecule has 1 aliphatic heterocycles. The van der Waals surface area contributed by atoms with Crippen molar-refractivity contribution in [3.8, 4) is 11.5 Å². The van der Waals surface area contributed by atoms with E-state index >= 15 is 0 Å². The second-order valence-electron chi connectivity index (χ2n) is 5.31. The molecule has 6 nitrogen and oxygen atoms in total. The number of carbonyl (C=O) groups excluding carboxylic acids is 2. The van der Waals surface area contributed by atoms with Gasteiger partial charge in [0.2, 0.25) is 11.8 Å². The lowest BCUT2D eigenvalue weighted by Crippen LogP contribution is -2.55. The highest BCUT2D eigenvalue weighted by atomic mass is 32.1. The average Bonchev–Trinajstić information content (AvgIpc) is 2.62. The van der Waals surface area contributed by atoms with Gasteiger partial charge in [-0.1, -0.05) is 0 Å². The number of nitrogens with zero attached hydrogens (tertiary/aromatic N) is 2. The highest BCUT2D eigenvalue weighted by molar-refractivity contribution is 7.81. The zero-order valence-electron chi connectivity index (χ0n) is 13.8. The van der Waals surface area contributed by atoms with E-state index in [9.17, 15) is 9.59 Å². The SMILES string of the molecule is COc1ccc(N2C(=O)CC(=O)N(c3ccc(OC)cc3)C2=S)cc1. The highest BCUT2D eigenvalue weighted by Gasteiger charge is 2.36. The lowest BCUT2D eigenvalue weighted by Gasteiger charge is -2.35. The third-order valence-electron chi connectivity index (χ3n) is 3.85. The Morgan fingerprint density at radius 3 is 1.44 bits per heavy atom. The highest BCUT2D eigenvalue weighted by Crippen LogP contribution is 2.28. The Bertz CT molecular complexity index is 750. The van der Waals surface area contributed by atoms with Crippen molar-refractivity contribution >= 4 is 40.5 Å². The molecule has 0 saturated carbocycles. The fraction of sp³-hybridized carbons (Fsp3) is 0.167. The predicted molar refractivity (Wildman–Crippen MR) is 98.2 cm³/mol. The number of hydrogen-bond donors (Lipinski definition) is 0. The van der Waals surface area contributed by atoms with E-state index in [1.165, 1.54) is 9.80 Å². The van der Waals surface area contributed by atoms with Crippen molar-refractivity contribution in [1.29, 1.82) is 0 Å². The Morgan fingerprint density at radius 2 is 1.12 bits per heavy atom. The maximum atomic E-state index is 12.4. The molecule has 0 radical (unpaired) electrons. The van der Waals surface area contributed by atoms with Gasteiger partial charge in [-0.25, -0.2) is 0 Å². The Labute approximate surface area is 150 Å². The maximum Gasteiger partial charge on any atom is 0.242 e. The average molecular weight is 356 g/mol.